The van der Waals surface area contributed by atoms with Crippen LogP contribution < -0.4 is 5.32 Å². The van der Waals surface area contributed by atoms with Gasteiger partial charge in [0.05, 0.1) is 6.10 Å². The minimum atomic E-state index is 0. The molecular weight excluding hydrogens is 264 g/mol. The molecule has 3 atom stereocenters. The Hall–Kier alpha value is -0.320. The van der Waals surface area contributed by atoms with Crippen LogP contribution >= 0.6 is 12.4 Å². The van der Waals surface area contributed by atoms with Crippen LogP contribution in [0.25, 0.3) is 0 Å². The van der Waals surface area contributed by atoms with Crippen LogP contribution in [0.3, 0.4) is 0 Å². The third kappa shape index (κ3) is 3.61. The Morgan fingerprint density at radius 1 is 1.21 bits per heavy atom. The molecule has 1 N–H and O–H groups in total. The molecule has 1 amide bonds. The Morgan fingerprint density at radius 3 is 2.58 bits per heavy atom. The van der Waals surface area contributed by atoms with Crippen molar-refractivity contribution in [1.82, 2.24) is 10.2 Å². The molecule has 1 unspecified atom stereocenters. The summed E-state index contributed by atoms with van der Waals surface area (Å²) in [5, 5.41) is 3.41. The number of rotatable bonds is 3. The molecule has 19 heavy (non-hydrogen) atoms. The molecule has 3 fully saturated rings. The van der Waals surface area contributed by atoms with E-state index in [1.807, 2.05) is 0 Å². The molecule has 0 aromatic carbocycles. The first-order chi connectivity index (χ1) is 8.83. The summed E-state index contributed by atoms with van der Waals surface area (Å²) in [6, 6.07) is 0. The Bertz CT molecular complexity index is 296. The van der Waals surface area contributed by atoms with E-state index >= 15 is 0 Å². The lowest BCUT2D eigenvalue weighted by atomic mass is 10.0. The maximum atomic E-state index is 12.2. The molecule has 0 spiro atoms. The molecule has 0 aromatic rings. The van der Waals surface area contributed by atoms with Crippen molar-refractivity contribution in [3.05, 3.63) is 0 Å². The number of carbonyl (C=O) groups excluding carboxylic acids is 1. The smallest absolute Gasteiger partial charge is 0.222 e. The fourth-order valence-electron chi connectivity index (χ4n) is 3.54. The number of fused-ring (bicyclic) bond motifs is 1. The van der Waals surface area contributed by atoms with Gasteiger partial charge in [0.25, 0.3) is 0 Å². The second-order valence-corrected chi connectivity index (χ2v) is 6.00. The van der Waals surface area contributed by atoms with Gasteiger partial charge in [-0.05, 0) is 37.5 Å². The first kappa shape index (κ1) is 15.1. The highest BCUT2D eigenvalue weighted by Crippen LogP contribution is 2.27. The fraction of sp³-hybridized carbons (Fsp3) is 0.929. The Kier molecular flexibility index (Phi) is 5.48. The number of nitrogens with zero attached hydrogens (tertiary/aromatic N) is 1. The van der Waals surface area contributed by atoms with Gasteiger partial charge < -0.3 is 15.0 Å². The molecule has 110 valence electrons. The highest BCUT2D eigenvalue weighted by atomic mass is 35.5. The summed E-state index contributed by atoms with van der Waals surface area (Å²) < 4.78 is 5.68. The van der Waals surface area contributed by atoms with Crippen molar-refractivity contribution in [2.45, 2.75) is 38.2 Å². The lowest BCUT2D eigenvalue weighted by Gasteiger charge is -2.23. The number of hydrogen-bond donors (Lipinski definition) is 1. The molecule has 0 aliphatic carbocycles. The van der Waals surface area contributed by atoms with Crippen LogP contribution in [-0.2, 0) is 9.53 Å². The first-order valence-corrected chi connectivity index (χ1v) is 7.43. The van der Waals surface area contributed by atoms with E-state index in [0.29, 0.717) is 30.3 Å². The van der Waals surface area contributed by atoms with Crippen LogP contribution in [-0.4, -0.2) is 49.7 Å². The molecule has 0 bridgehead atoms. The van der Waals surface area contributed by atoms with E-state index < -0.39 is 0 Å². The predicted molar refractivity (Wildman–Crippen MR) is 76.5 cm³/mol. The Labute approximate surface area is 121 Å². The zero-order chi connectivity index (χ0) is 12.4. The number of carbonyl (C=O) groups is 1. The van der Waals surface area contributed by atoms with Gasteiger partial charge in [0.1, 0.15) is 0 Å². The molecule has 4 nitrogen and oxygen atoms in total. The third-order valence-electron chi connectivity index (χ3n) is 4.70. The van der Waals surface area contributed by atoms with Crippen molar-refractivity contribution in [1.29, 1.82) is 0 Å². The lowest BCUT2D eigenvalue weighted by molar-refractivity contribution is -0.131. The maximum absolute atomic E-state index is 12.2. The summed E-state index contributed by atoms with van der Waals surface area (Å²) >= 11 is 0. The molecule has 5 heteroatoms. The van der Waals surface area contributed by atoms with E-state index in [9.17, 15) is 4.79 Å². The van der Waals surface area contributed by atoms with E-state index in [4.69, 9.17) is 4.74 Å². The number of halogens is 1. The number of nitrogens with one attached hydrogen (secondary N) is 1. The minimum absolute atomic E-state index is 0. The summed E-state index contributed by atoms with van der Waals surface area (Å²) in [7, 11) is 0. The molecule has 3 aliphatic heterocycles. The highest BCUT2D eigenvalue weighted by Gasteiger charge is 2.37. The van der Waals surface area contributed by atoms with Crippen LogP contribution in [0.1, 0.15) is 32.1 Å². The van der Waals surface area contributed by atoms with E-state index in [1.54, 1.807) is 0 Å². The van der Waals surface area contributed by atoms with Gasteiger partial charge in [0, 0.05) is 39.2 Å². The summed E-state index contributed by atoms with van der Waals surface area (Å²) in [5.41, 5.74) is 0. The average Bonchev–Trinajstić information content (AvgIpc) is 2.98. The predicted octanol–water partition coefficient (Wildman–Crippen LogP) is 1.44. The first-order valence-electron chi connectivity index (χ1n) is 7.43. The van der Waals surface area contributed by atoms with Crippen LogP contribution in [0.15, 0.2) is 0 Å². The van der Waals surface area contributed by atoms with E-state index in [-0.39, 0.29) is 12.4 Å². The molecule has 3 aliphatic rings. The lowest BCUT2D eigenvalue weighted by Crippen LogP contribution is -2.32. The van der Waals surface area contributed by atoms with Crippen molar-refractivity contribution in [3.63, 3.8) is 0 Å². The van der Waals surface area contributed by atoms with Crippen LogP contribution in [0.4, 0.5) is 0 Å². The number of amides is 1. The van der Waals surface area contributed by atoms with Gasteiger partial charge in [-0.1, -0.05) is 0 Å². The summed E-state index contributed by atoms with van der Waals surface area (Å²) in [6.07, 6.45) is 5.53. The quantitative estimate of drug-likeness (QED) is 0.854. The standard InChI is InChI=1S/C14H24N2O2.ClH/c17-14(5-4-13-3-1-2-6-18-13)16-9-11-7-15-8-12(11)10-16;/h11-13,15H,1-10H2;1H/t11-,12+,13?;. The van der Waals surface area contributed by atoms with Crippen LogP contribution in [0, 0.1) is 11.8 Å². The van der Waals surface area contributed by atoms with Crippen molar-refractivity contribution in [2.24, 2.45) is 11.8 Å². The summed E-state index contributed by atoms with van der Waals surface area (Å²) in [4.78, 5) is 14.3. The van der Waals surface area contributed by atoms with Crippen molar-refractivity contribution >= 4 is 18.3 Å². The van der Waals surface area contributed by atoms with Crippen molar-refractivity contribution < 1.29 is 9.53 Å². The molecule has 3 heterocycles. The molecule has 0 saturated carbocycles. The normalized spacial score (nSPS) is 33.9. The summed E-state index contributed by atoms with van der Waals surface area (Å²) in [5.74, 6) is 1.76. The highest BCUT2D eigenvalue weighted by molar-refractivity contribution is 5.85. The van der Waals surface area contributed by atoms with Gasteiger partial charge in [-0.3, -0.25) is 4.79 Å². The van der Waals surface area contributed by atoms with Gasteiger partial charge in [-0.15, -0.1) is 12.4 Å². The number of ether oxygens (including phenoxy) is 1. The van der Waals surface area contributed by atoms with Crippen molar-refractivity contribution in [2.75, 3.05) is 32.8 Å². The SMILES string of the molecule is Cl.O=C(CCC1CCCCO1)N1C[C@H]2CNC[C@H]2C1. The monoisotopic (exact) mass is 288 g/mol. The minimum Gasteiger partial charge on any atom is -0.378 e. The van der Waals surface area contributed by atoms with Crippen LogP contribution in [0.5, 0.6) is 0 Å². The van der Waals surface area contributed by atoms with Gasteiger partial charge >= 0.3 is 0 Å². The third-order valence-corrected chi connectivity index (χ3v) is 4.70. The largest absolute Gasteiger partial charge is 0.378 e. The van der Waals surface area contributed by atoms with Gasteiger partial charge in [-0.2, -0.15) is 0 Å². The molecule has 0 radical (unpaired) electrons. The molecule has 3 rings (SSSR count). The van der Waals surface area contributed by atoms with Crippen LogP contribution in [0.2, 0.25) is 0 Å². The molecule has 0 aromatic heterocycles. The zero-order valence-corrected chi connectivity index (χ0v) is 12.3. The van der Waals surface area contributed by atoms with E-state index in [0.717, 1.165) is 45.6 Å². The number of likely N-dealkylation sites (tertiary alicyclic amines) is 1. The fourth-order valence-corrected chi connectivity index (χ4v) is 3.54. The second kappa shape index (κ2) is 6.91. The van der Waals surface area contributed by atoms with E-state index in [2.05, 4.69) is 10.2 Å². The zero-order valence-electron chi connectivity index (χ0n) is 11.5. The van der Waals surface area contributed by atoms with Gasteiger partial charge in [0.15, 0.2) is 0 Å². The van der Waals surface area contributed by atoms with Crippen molar-refractivity contribution in [3.8, 4) is 0 Å². The Balaban J connectivity index is 0.00000133. The second-order valence-electron chi connectivity index (χ2n) is 6.00. The van der Waals surface area contributed by atoms with Gasteiger partial charge in [-0.25, -0.2) is 0 Å². The van der Waals surface area contributed by atoms with E-state index in [1.165, 1.54) is 12.8 Å². The number of hydrogen-bond acceptors (Lipinski definition) is 3. The maximum Gasteiger partial charge on any atom is 0.222 e. The molecule has 3 saturated heterocycles. The van der Waals surface area contributed by atoms with Gasteiger partial charge in [0.2, 0.25) is 5.91 Å². The topological polar surface area (TPSA) is 41.6 Å². The molecular formula is C14H25ClN2O2. The average molecular weight is 289 g/mol. The summed E-state index contributed by atoms with van der Waals surface area (Å²) in [6.45, 7) is 5.03. The Morgan fingerprint density at radius 2 is 1.95 bits per heavy atom.